The second kappa shape index (κ2) is 4.93. The van der Waals surface area contributed by atoms with Gasteiger partial charge in [0.15, 0.2) is 0 Å². The molecule has 0 aromatic carbocycles. The molecule has 2 aliphatic rings. The Bertz CT molecular complexity index is 436. The predicted molar refractivity (Wildman–Crippen MR) is 74.6 cm³/mol. The number of imide groups is 2. The van der Waals surface area contributed by atoms with Gasteiger partial charge in [0.1, 0.15) is 17.5 Å². The zero-order valence-electron chi connectivity index (χ0n) is 13.1. The molecule has 0 N–H and O–H groups in total. The summed E-state index contributed by atoms with van der Waals surface area (Å²) in [7, 11) is 0. The van der Waals surface area contributed by atoms with Gasteiger partial charge in [-0.3, -0.25) is 29.0 Å². The van der Waals surface area contributed by atoms with Gasteiger partial charge in [-0.2, -0.15) is 0 Å². The summed E-state index contributed by atoms with van der Waals surface area (Å²) >= 11 is 0. The second-order valence-corrected chi connectivity index (χ2v) is 5.80. The first-order chi connectivity index (χ1) is 9.86. The van der Waals surface area contributed by atoms with Crippen LogP contribution in [0.5, 0.6) is 0 Å². The Morgan fingerprint density at radius 3 is 1.05 bits per heavy atom. The fraction of sp³-hybridized carbons (Fsp3) is 0.733. The van der Waals surface area contributed by atoms with E-state index >= 15 is 0 Å². The highest BCUT2D eigenvalue weighted by atomic mass is 16.2. The standard InChI is InChI=1S/C15H22N2O4/c1-5-14(6-2)10(18)16(11(14)19)9-17-12(20)15(7-3,8-4)13(17)21/h5-9H2,1-4H3. The molecular formula is C15H22N2O4. The lowest BCUT2D eigenvalue weighted by Gasteiger charge is -2.51. The number of likely N-dealkylation sites (tertiary alicyclic amines) is 2. The van der Waals surface area contributed by atoms with Crippen molar-refractivity contribution in [3.63, 3.8) is 0 Å². The van der Waals surface area contributed by atoms with Gasteiger partial charge in [0.2, 0.25) is 23.6 Å². The lowest BCUT2D eigenvalue weighted by molar-refractivity contribution is -0.190. The van der Waals surface area contributed by atoms with Crippen molar-refractivity contribution in [1.82, 2.24) is 9.80 Å². The number of hydrogen-bond donors (Lipinski definition) is 0. The van der Waals surface area contributed by atoms with Gasteiger partial charge in [-0.1, -0.05) is 27.7 Å². The maximum Gasteiger partial charge on any atom is 0.246 e. The number of rotatable bonds is 6. The van der Waals surface area contributed by atoms with Crippen LogP contribution in [0.15, 0.2) is 0 Å². The lowest BCUT2D eigenvalue weighted by Crippen LogP contribution is -2.73. The maximum atomic E-state index is 12.2. The molecule has 0 radical (unpaired) electrons. The monoisotopic (exact) mass is 294 g/mol. The zero-order chi connectivity index (χ0) is 16.0. The van der Waals surface area contributed by atoms with Crippen LogP contribution in [-0.2, 0) is 19.2 Å². The van der Waals surface area contributed by atoms with E-state index in [1.54, 1.807) is 27.7 Å². The molecule has 6 nitrogen and oxygen atoms in total. The minimum Gasteiger partial charge on any atom is -0.273 e. The average Bonchev–Trinajstić information content (AvgIpc) is 2.50. The molecule has 2 fully saturated rings. The molecule has 116 valence electrons. The molecule has 2 saturated heterocycles. The smallest absolute Gasteiger partial charge is 0.246 e. The molecule has 6 heteroatoms. The summed E-state index contributed by atoms with van der Waals surface area (Å²) < 4.78 is 0. The molecule has 0 aromatic heterocycles. The quantitative estimate of drug-likeness (QED) is 0.546. The van der Waals surface area contributed by atoms with E-state index in [4.69, 9.17) is 0 Å². The summed E-state index contributed by atoms with van der Waals surface area (Å²) in [5, 5.41) is 0. The highest BCUT2D eigenvalue weighted by molar-refractivity contribution is 6.24. The van der Waals surface area contributed by atoms with Crippen molar-refractivity contribution >= 4 is 23.6 Å². The van der Waals surface area contributed by atoms with Crippen molar-refractivity contribution in [3.05, 3.63) is 0 Å². The Hall–Kier alpha value is -1.72. The van der Waals surface area contributed by atoms with Crippen LogP contribution in [0.25, 0.3) is 0 Å². The van der Waals surface area contributed by atoms with Crippen LogP contribution in [0.4, 0.5) is 0 Å². The summed E-state index contributed by atoms with van der Waals surface area (Å²) in [4.78, 5) is 50.9. The Kier molecular flexibility index (Phi) is 3.68. The van der Waals surface area contributed by atoms with E-state index in [9.17, 15) is 19.2 Å². The van der Waals surface area contributed by atoms with Gasteiger partial charge in [-0.05, 0) is 25.7 Å². The van der Waals surface area contributed by atoms with Crippen molar-refractivity contribution in [1.29, 1.82) is 0 Å². The number of carbonyl (C=O) groups is 4. The summed E-state index contributed by atoms with van der Waals surface area (Å²) in [5.74, 6) is -1.10. The minimum atomic E-state index is -0.941. The van der Waals surface area contributed by atoms with Gasteiger partial charge in [0.05, 0.1) is 0 Å². The first kappa shape index (κ1) is 15.7. The summed E-state index contributed by atoms with van der Waals surface area (Å²) in [6.07, 6.45) is 1.81. The predicted octanol–water partition coefficient (Wildman–Crippen LogP) is 1.29. The van der Waals surface area contributed by atoms with Gasteiger partial charge in [0.25, 0.3) is 0 Å². The first-order valence-corrected chi connectivity index (χ1v) is 7.59. The van der Waals surface area contributed by atoms with E-state index < -0.39 is 10.8 Å². The Morgan fingerprint density at radius 1 is 0.619 bits per heavy atom. The van der Waals surface area contributed by atoms with Crippen molar-refractivity contribution < 1.29 is 19.2 Å². The fourth-order valence-electron chi connectivity index (χ4n) is 3.40. The van der Waals surface area contributed by atoms with Crippen LogP contribution in [0.3, 0.4) is 0 Å². The molecule has 0 atom stereocenters. The SMILES string of the molecule is CCC1(CC)C(=O)N(CN2C(=O)C(CC)(CC)C2=O)C1=O. The molecule has 0 aromatic rings. The average molecular weight is 294 g/mol. The summed E-state index contributed by atoms with van der Waals surface area (Å²) in [6, 6.07) is 0. The van der Waals surface area contributed by atoms with Gasteiger partial charge in [-0.15, -0.1) is 0 Å². The van der Waals surface area contributed by atoms with E-state index in [1.807, 2.05) is 0 Å². The van der Waals surface area contributed by atoms with E-state index in [2.05, 4.69) is 0 Å². The third-order valence-electron chi connectivity index (χ3n) is 5.32. The molecule has 0 spiro atoms. The van der Waals surface area contributed by atoms with E-state index in [-0.39, 0.29) is 30.3 Å². The van der Waals surface area contributed by atoms with Crippen LogP contribution in [0, 0.1) is 10.8 Å². The molecule has 0 aliphatic carbocycles. The van der Waals surface area contributed by atoms with Crippen LogP contribution in [0.2, 0.25) is 0 Å². The van der Waals surface area contributed by atoms with Crippen LogP contribution >= 0.6 is 0 Å². The largest absolute Gasteiger partial charge is 0.273 e. The maximum absolute atomic E-state index is 12.2. The summed E-state index contributed by atoms with van der Waals surface area (Å²) in [5.41, 5.74) is -1.88. The van der Waals surface area contributed by atoms with E-state index in [0.29, 0.717) is 25.7 Å². The normalized spacial score (nSPS) is 23.2. The molecule has 2 rings (SSSR count). The number of β-lactam (4-membered cyclic amide) rings is 4. The third kappa shape index (κ3) is 1.64. The molecule has 0 bridgehead atoms. The molecule has 0 unspecified atom stereocenters. The Balaban J connectivity index is 2.10. The summed E-state index contributed by atoms with van der Waals surface area (Å²) in [6.45, 7) is 6.98. The molecule has 2 aliphatic heterocycles. The molecule has 21 heavy (non-hydrogen) atoms. The van der Waals surface area contributed by atoms with Crippen molar-refractivity contribution in [2.75, 3.05) is 6.67 Å². The number of amides is 4. The molecule has 2 heterocycles. The van der Waals surface area contributed by atoms with Gasteiger partial charge in [-0.25, -0.2) is 0 Å². The first-order valence-electron chi connectivity index (χ1n) is 7.59. The van der Waals surface area contributed by atoms with Crippen LogP contribution in [0.1, 0.15) is 53.4 Å². The van der Waals surface area contributed by atoms with Gasteiger partial charge >= 0.3 is 0 Å². The third-order valence-corrected chi connectivity index (χ3v) is 5.32. The fourth-order valence-corrected chi connectivity index (χ4v) is 3.40. The Morgan fingerprint density at radius 2 is 0.857 bits per heavy atom. The van der Waals surface area contributed by atoms with Crippen molar-refractivity contribution in [3.8, 4) is 0 Å². The van der Waals surface area contributed by atoms with Crippen LogP contribution in [-0.4, -0.2) is 40.1 Å². The second-order valence-electron chi connectivity index (χ2n) is 5.80. The number of carbonyl (C=O) groups excluding carboxylic acids is 4. The van der Waals surface area contributed by atoms with Crippen LogP contribution < -0.4 is 0 Å². The Labute approximate surface area is 124 Å². The highest BCUT2D eigenvalue weighted by Gasteiger charge is 2.63. The number of hydrogen-bond acceptors (Lipinski definition) is 4. The highest BCUT2D eigenvalue weighted by Crippen LogP contribution is 2.44. The molecule has 0 saturated carbocycles. The topological polar surface area (TPSA) is 74.8 Å². The molecule has 4 amide bonds. The van der Waals surface area contributed by atoms with Crippen molar-refractivity contribution in [2.24, 2.45) is 10.8 Å². The van der Waals surface area contributed by atoms with E-state index in [0.717, 1.165) is 9.80 Å². The number of nitrogens with zero attached hydrogens (tertiary/aromatic N) is 2. The van der Waals surface area contributed by atoms with Gasteiger partial charge < -0.3 is 0 Å². The minimum absolute atomic E-state index is 0.223. The lowest BCUT2D eigenvalue weighted by atomic mass is 9.71. The van der Waals surface area contributed by atoms with Gasteiger partial charge in [0, 0.05) is 0 Å². The molecular weight excluding hydrogens is 272 g/mol. The van der Waals surface area contributed by atoms with Crippen molar-refractivity contribution in [2.45, 2.75) is 53.4 Å². The zero-order valence-corrected chi connectivity index (χ0v) is 13.1. The van der Waals surface area contributed by atoms with E-state index in [1.165, 1.54) is 0 Å².